The number of rotatable bonds is 5. The van der Waals surface area contributed by atoms with Crippen LogP contribution in [0.4, 0.5) is 5.82 Å². The van der Waals surface area contributed by atoms with E-state index in [2.05, 4.69) is 56.0 Å². The molecule has 0 spiro atoms. The van der Waals surface area contributed by atoms with E-state index in [9.17, 15) is 0 Å². The predicted molar refractivity (Wildman–Crippen MR) is 96.8 cm³/mol. The third-order valence-corrected chi connectivity index (χ3v) is 4.53. The number of ether oxygens (including phenoxy) is 1. The molecule has 6 heteroatoms. The molecule has 1 aliphatic heterocycles. The zero-order valence-electron chi connectivity index (χ0n) is 13.6. The van der Waals surface area contributed by atoms with Crippen molar-refractivity contribution in [1.29, 1.82) is 0 Å². The van der Waals surface area contributed by atoms with Crippen LogP contribution in [-0.4, -0.2) is 53.3 Å². The van der Waals surface area contributed by atoms with Gasteiger partial charge in [-0.05, 0) is 38.5 Å². The van der Waals surface area contributed by atoms with Gasteiger partial charge in [-0.3, -0.25) is 4.90 Å². The van der Waals surface area contributed by atoms with E-state index in [0.29, 0.717) is 12.2 Å². The van der Waals surface area contributed by atoms with Crippen molar-refractivity contribution < 1.29 is 4.74 Å². The molecule has 1 N–H and O–H groups in total. The molecule has 5 nitrogen and oxygen atoms in total. The van der Waals surface area contributed by atoms with Gasteiger partial charge in [0.05, 0.1) is 17.7 Å². The fourth-order valence-electron chi connectivity index (χ4n) is 3.15. The smallest absolute Gasteiger partial charge is 0.137 e. The third kappa shape index (κ3) is 4.40. The van der Waals surface area contributed by atoms with Crippen LogP contribution >= 0.6 is 15.9 Å². The standard InChI is InChI=1S/C17H23BrN4O/c1-12-9-22(10-13(2)23-12)7-3-6-19-17-15-8-14(18)4-5-16(15)20-11-21-17/h4-5,8,11-13H,3,6-7,9-10H2,1-2H3,(H,19,20,21). The van der Waals surface area contributed by atoms with Crippen molar-refractivity contribution in [1.82, 2.24) is 14.9 Å². The number of morpholine rings is 1. The summed E-state index contributed by atoms with van der Waals surface area (Å²) in [4.78, 5) is 11.2. The van der Waals surface area contributed by atoms with Gasteiger partial charge in [0.1, 0.15) is 12.1 Å². The SMILES string of the molecule is CC1CN(CCCNc2ncnc3ccc(Br)cc23)CC(C)O1. The van der Waals surface area contributed by atoms with Gasteiger partial charge in [0.15, 0.2) is 0 Å². The van der Waals surface area contributed by atoms with Crippen LogP contribution < -0.4 is 5.32 Å². The van der Waals surface area contributed by atoms with E-state index in [1.807, 2.05) is 12.1 Å². The molecule has 2 unspecified atom stereocenters. The van der Waals surface area contributed by atoms with E-state index < -0.39 is 0 Å². The molecule has 1 aliphatic rings. The summed E-state index contributed by atoms with van der Waals surface area (Å²) in [5.74, 6) is 0.903. The summed E-state index contributed by atoms with van der Waals surface area (Å²) < 4.78 is 6.81. The summed E-state index contributed by atoms with van der Waals surface area (Å²) in [6.45, 7) is 8.32. The summed E-state index contributed by atoms with van der Waals surface area (Å²) in [5, 5.41) is 4.50. The quantitative estimate of drug-likeness (QED) is 0.808. The van der Waals surface area contributed by atoms with Crippen LogP contribution in [0.5, 0.6) is 0 Å². The molecular formula is C17H23BrN4O. The van der Waals surface area contributed by atoms with E-state index in [0.717, 1.165) is 53.8 Å². The number of benzene rings is 1. The Balaban J connectivity index is 1.54. The topological polar surface area (TPSA) is 50.3 Å². The van der Waals surface area contributed by atoms with E-state index in [1.165, 1.54) is 0 Å². The molecule has 0 amide bonds. The van der Waals surface area contributed by atoms with Gasteiger partial charge in [0.2, 0.25) is 0 Å². The maximum absolute atomic E-state index is 5.77. The Morgan fingerprint density at radius 3 is 2.83 bits per heavy atom. The van der Waals surface area contributed by atoms with Crippen molar-refractivity contribution in [3.05, 3.63) is 29.0 Å². The summed E-state index contributed by atoms with van der Waals surface area (Å²) in [6, 6.07) is 6.06. The molecule has 0 aliphatic carbocycles. The molecule has 0 bridgehead atoms. The van der Waals surface area contributed by atoms with E-state index >= 15 is 0 Å². The largest absolute Gasteiger partial charge is 0.373 e. The fourth-order valence-corrected chi connectivity index (χ4v) is 3.51. The average molecular weight is 379 g/mol. The molecule has 2 aromatic rings. The highest BCUT2D eigenvalue weighted by molar-refractivity contribution is 9.10. The molecule has 2 atom stereocenters. The second-order valence-corrected chi connectivity index (χ2v) is 7.10. The molecule has 124 valence electrons. The van der Waals surface area contributed by atoms with Crippen LogP contribution in [0, 0.1) is 0 Å². The lowest BCUT2D eigenvalue weighted by Crippen LogP contribution is -2.45. The first-order valence-corrected chi connectivity index (χ1v) is 8.93. The predicted octanol–water partition coefficient (Wildman–Crippen LogP) is 3.30. The Hall–Kier alpha value is -1.24. The van der Waals surface area contributed by atoms with Gasteiger partial charge in [-0.2, -0.15) is 0 Å². The highest BCUT2D eigenvalue weighted by atomic mass is 79.9. The summed E-state index contributed by atoms with van der Waals surface area (Å²) in [5.41, 5.74) is 0.960. The first kappa shape index (κ1) is 16.6. The normalized spacial score (nSPS) is 22.4. The lowest BCUT2D eigenvalue weighted by molar-refractivity contribution is -0.0678. The van der Waals surface area contributed by atoms with Gasteiger partial charge in [0.25, 0.3) is 0 Å². The van der Waals surface area contributed by atoms with Crippen molar-refractivity contribution in [2.45, 2.75) is 32.5 Å². The van der Waals surface area contributed by atoms with Gasteiger partial charge < -0.3 is 10.1 Å². The second kappa shape index (κ2) is 7.55. The van der Waals surface area contributed by atoms with Crippen molar-refractivity contribution in [2.24, 2.45) is 0 Å². The molecule has 1 saturated heterocycles. The van der Waals surface area contributed by atoms with Crippen molar-refractivity contribution >= 4 is 32.7 Å². The summed E-state index contributed by atoms with van der Waals surface area (Å²) >= 11 is 3.51. The number of nitrogens with one attached hydrogen (secondary N) is 1. The first-order chi connectivity index (χ1) is 11.1. The van der Waals surface area contributed by atoms with E-state index in [1.54, 1.807) is 6.33 Å². The Morgan fingerprint density at radius 1 is 1.26 bits per heavy atom. The van der Waals surface area contributed by atoms with Gasteiger partial charge in [0, 0.05) is 36.0 Å². The Morgan fingerprint density at radius 2 is 2.04 bits per heavy atom. The van der Waals surface area contributed by atoms with Crippen LogP contribution in [0.3, 0.4) is 0 Å². The molecule has 1 fully saturated rings. The number of fused-ring (bicyclic) bond motifs is 1. The van der Waals surface area contributed by atoms with Crippen molar-refractivity contribution in [2.75, 3.05) is 31.5 Å². The third-order valence-electron chi connectivity index (χ3n) is 4.04. The van der Waals surface area contributed by atoms with Crippen LogP contribution in [0.2, 0.25) is 0 Å². The van der Waals surface area contributed by atoms with Gasteiger partial charge in [-0.15, -0.1) is 0 Å². The minimum atomic E-state index is 0.329. The lowest BCUT2D eigenvalue weighted by atomic mass is 10.2. The number of hydrogen-bond acceptors (Lipinski definition) is 5. The maximum atomic E-state index is 5.77. The highest BCUT2D eigenvalue weighted by Gasteiger charge is 2.21. The molecule has 0 saturated carbocycles. The van der Waals surface area contributed by atoms with Crippen LogP contribution in [0.15, 0.2) is 29.0 Å². The molecular weight excluding hydrogens is 356 g/mol. The molecule has 23 heavy (non-hydrogen) atoms. The Bertz CT molecular complexity index is 656. The van der Waals surface area contributed by atoms with Gasteiger partial charge in [-0.25, -0.2) is 9.97 Å². The number of aromatic nitrogens is 2. The second-order valence-electron chi connectivity index (χ2n) is 6.18. The first-order valence-electron chi connectivity index (χ1n) is 8.14. The highest BCUT2D eigenvalue weighted by Crippen LogP contribution is 2.23. The monoisotopic (exact) mass is 378 g/mol. The lowest BCUT2D eigenvalue weighted by Gasteiger charge is -2.35. The van der Waals surface area contributed by atoms with Crippen LogP contribution in [-0.2, 0) is 4.74 Å². The number of hydrogen-bond donors (Lipinski definition) is 1. The van der Waals surface area contributed by atoms with Gasteiger partial charge >= 0.3 is 0 Å². The molecule has 1 aromatic heterocycles. The van der Waals surface area contributed by atoms with Crippen LogP contribution in [0.1, 0.15) is 20.3 Å². The Labute approximate surface area is 145 Å². The summed E-state index contributed by atoms with van der Waals surface area (Å²) in [6.07, 6.45) is 3.35. The molecule has 1 aromatic carbocycles. The number of anilines is 1. The van der Waals surface area contributed by atoms with E-state index in [-0.39, 0.29) is 0 Å². The number of nitrogens with zero attached hydrogens (tertiary/aromatic N) is 3. The van der Waals surface area contributed by atoms with E-state index in [4.69, 9.17) is 4.74 Å². The fraction of sp³-hybridized carbons (Fsp3) is 0.529. The molecule has 2 heterocycles. The molecule has 3 rings (SSSR count). The minimum Gasteiger partial charge on any atom is -0.373 e. The summed E-state index contributed by atoms with van der Waals surface area (Å²) in [7, 11) is 0. The maximum Gasteiger partial charge on any atom is 0.137 e. The zero-order valence-corrected chi connectivity index (χ0v) is 15.2. The van der Waals surface area contributed by atoms with Crippen molar-refractivity contribution in [3.63, 3.8) is 0 Å². The minimum absolute atomic E-state index is 0.329. The van der Waals surface area contributed by atoms with Crippen LogP contribution in [0.25, 0.3) is 10.9 Å². The number of halogens is 1. The Kier molecular flexibility index (Phi) is 5.46. The average Bonchev–Trinajstić information content (AvgIpc) is 2.51. The van der Waals surface area contributed by atoms with Crippen molar-refractivity contribution in [3.8, 4) is 0 Å². The molecule has 0 radical (unpaired) electrons. The van der Waals surface area contributed by atoms with Gasteiger partial charge in [-0.1, -0.05) is 15.9 Å². The zero-order chi connectivity index (χ0) is 16.2.